The molecule has 0 unspecified atom stereocenters. The minimum atomic E-state index is 0.475. The molecule has 0 spiro atoms. The normalized spacial score (nSPS) is 18.9. The first-order chi connectivity index (χ1) is 15.5. The zero-order chi connectivity index (χ0) is 22.1. The Hall–Kier alpha value is -2.16. The van der Waals surface area contributed by atoms with Crippen LogP contribution < -0.4 is 0 Å². The molecule has 0 saturated heterocycles. The minimum absolute atomic E-state index is 0.475. The lowest BCUT2D eigenvalue weighted by atomic mass is 9.79. The molecular formula is C30H24Br2. The van der Waals surface area contributed by atoms with Gasteiger partial charge in [-0.25, -0.2) is 0 Å². The summed E-state index contributed by atoms with van der Waals surface area (Å²) in [5.41, 5.74) is 11.3. The quantitative estimate of drug-likeness (QED) is 0.197. The van der Waals surface area contributed by atoms with Crippen LogP contribution in [0.15, 0.2) is 81.7 Å². The molecule has 0 N–H and O–H groups in total. The van der Waals surface area contributed by atoms with Crippen molar-refractivity contribution in [2.24, 2.45) is 11.8 Å². The standard InChI is InChI=1S/C30H24Br2/c1-16(2)27-17(3)21-11-8-18-6-4-5-7-22(18)28(21)30(27)29-25-14-19(31)9-12-23(25)24-13-10-20(32)15-26(24)29/h4-17,27H,1-3H3/t17-,27+/m1/s1. The SMILES string of the molecule is CC(C)[C@@H]1C(=C2c3cc(Br)ccc3-c3ccc(Br)cc32)c2c(ccc3ccccc23)[C@H]1C. The third kappa shape index (κ3) is 2.85. The molecule has 0 aromatic heterocycles. The molecule has 0 saturated carbocycles. The Kier molecular flexibility index (Phi) is 4.75. The summed E-state index contributed by atoms with van der Waals surface area (Å²) >= 11 is 7.51. The summed E-state index contributed by atoms with van der Waals surface area (Å²) < 4.78 is 2.26. The number of hydrogen-bond donors (Lipinski definition) is 0. The van der Waals surface area contributed by atoms with Crippen LogP contribution in [0.5, 0.6) is 0 Å². The van der Waals surface area contributed by atoms with E-state index in [2.05, 4.69) is 125 Å². The van der Waals surface area contributed by atoms with Crippen molar-refractivity contribution in [1.82, 2.24) is 0 Å². The van der Waals surface area contributed by atoms with Crippen LogP contribution in [0.3, 0.4) is 0 Å². The topological polar surface area (TPSA) is 0 Å². The van der Waals surface area contributed by atoms with Crippen molar-refractivity contribution in [3.05, 3.63) is 104 Å². The fourth-order valence-corrected chi connectivity index (χ4v) is 6.85. The van der Waals surface area contributed by atoms with Crippen molar-refractivity contribution in [1.29, 1.82) is 0 Å². The monoisotopic (exact) mass is 542 g/mol. The van der Waals surface area contributed by atoms with Gasteiger partial charge in [0.1, 0.15) is 0 Å². The molecule has 0 radical (unpaired) electrons. The average Bonchev–Trinajstić information content (AvgIpc) is 3.24. The molecule has 0 amide bonds. The first-order valence-electron chi connectivity index (χ1n) is 11.3. The fraction of sp³-hybridized carbons (Fsp3) is 0.200. The molecule has 32 heavy (non-hydrogen) atoms. The number of halogens is 2. The van der Waals surface area contributed by atoms with Crippen LogP contribution >= 0.6 is 31.9 Å². The molecule has 4 aromatic rings. The highest BCUT2D eigenvalue weighted by Crippen LogP contribution is 2.58. The summed E-state index contributed by atoms with van der Waals surface area (Å²) in [4.78, 5) is 0. The van der Waals surface area contributed by atoms with Crippen LogP contribution in [-0.4, -0.2) is 0 Å². The molecule has 158 valence electrons. The molecule has 0 aliphatic heterocycles. The van der Waals surface area contributed by atoms with E-state index in [9.17, 15) is 0 Å². The maximum absolute atomic E-state index is 3.76. The van der Waals surface area contributed by atoms with Gasteiger partial charge in [0.05, 0.1) is 0 Å². The Morgan fingerprint density at radius 1 is 0.719 bits per heavy atom. The maximum atomic E-state index is 3.76. The van der Waals surface area contributed by atoms with Gasteiger partial charge in [0.15, 0.2) is 0 Å². The van der Waals surface area contributed by atoms with E-state index in [-0.39, 0.29) is 0 Å². The van der Waals surface area contributed by atoms with Gasteiger partial charge in [-0.2, -0.15) is 0 Å². The second-order valence-electron chi connectivity index (χ2n) is 9.48. The maximum Gasteiger partial charge on any atom is 0.0181 e. The second-order valence-corrected chi connectivity index (χ2v) is 11.3. The highest BCUT2D eigenvalue weighted by Gasteiger charge is 2.40. The molecule has 4 aromatic carbocycles. The van der Waals surface area contributed by atoms with Gasteiger partial charge in [-0.05, 0) is 97.3 Å². The van der Waals surface area contributed by atoms with E-state index in [1.807, 2.05) is 0 Å². The molecule has 2 heteroatoms. The Labute approximate surface area is 206 Å². The lowest BCUT2D eigenvalue weighted by molar-refractivity contribution is 0.434. The van der Waals surface area contributed by atoms with Crippen molar-refractivity contribution < 1.29 is 0 Å². The first-order valence-corrected chi connectivity index (χ1v) is 12.9. The molecule has 0 heterocycles. The van der Waals surface area contributed by atoms with Crippen LogP contribution in [0.4, 0.5) is 0 Å². The molecule has 2 atom stereocenters. The van der Waals surface area contributed by atoms with Crippen LogP contribution in [0.1, 0.15) is 48.9 Å². The Morgan fingerprint density at radius 3 is 1.97 bits per heavy atom. The first kappa shape index (κ1) is 20.4. The summed E-state index contributed by atoms with van der Waals surface area (Å²) in [5.74, 6) is 1.51. The van der Waals surface area contributed by atoms with Crippen LogP contribution in [-0.2, 0) is 0 Å². The smallest absolute Gasteiger partial charge is 0.0181 e. The summed E-state index contributed by atoms with van der Waals surface area (Å²) in [6.07, 6.45) is 0. The average molecular weight is 544 g/mol. The van der Waals surface area contributed by atoms with Gasteiger partial charge in [-0.15, -0.1) is 0 Å². The number of benzene rings is 4. The third-order valence-corrected chi connectivity index (χ3v) is 8.36. The minimum Gasteiger partial charge on any atom is -0.0622 e. The van der Waals surface area contributed by atoms with E-state index in [0.29, 0.717) is 17.8 Å². The summed E-state index contributed by atoms with van der Waals surface area (Å²) in [6, 6.07) is 27.1. The van der Waals surface area contributed by atoms with E-state index in [4.69, 9.17) is 0 Å². The van der Waals surface area contributed by atoms with Crippen molar-refractivity contribution in [3.63, 3.8) is 0 Å². The highest BCUT2D eigenvalue weighted by atomic mass is 79.9. The Morgan fingerprint density at radius 2 is 1.34 bits per heavy atom. The summed E-state index contributed by atoms with van der Waals surface area (Å²) in [7, 11) is 0. The van der Waals surface area contributed by atoms with Crippen molar-refractivity contribution in [2.45, 2.75) is 26.7 Å². The lowest BCUT2D eigenvalue weighted by Crippen LogP contribution is -2.12. The van der Waals surface area contributed by atoms with E-state index >= 15 is 0 Å². The molecule has 2 aliphatic rings. The molecule has 0 bridgehead atoms. The summed E-state index contributed by atoms with van der Waals surface area (Å²) in [6.45, 7) is 7.19. The second kappa shape index (κ2) is 7.43. The van der Waals surface area contributed by atoms with Crippen LogP contribution in [0, 0.1) is 11.8 Å². The van der Waals surface area contributed by atoms with Gasteiger partial charge in [-0.1, -0.05) is 101 Å². The molecular weight excluding hydrogens is 520 g/mol. The van der Waals surface area contributed by atoms with Gasteiger partial charge in [0, 0.05) is 8.95 Å². The van der Waals surface area contributed by atoms with Crippen molar-refractivity contribution in [2.75, 3.05) is 0 Å². The van der Waals surface area contributed by atoms with Gasteiger partial charge in [-0.3, -0.25) is 0 Å². The zero-order valence-electron chi connectivity index (χ0n) is 18.4. The molecule has 6 rings (SSSR count). The third-order valence-electron chi connectivity index (χ3n) is 7.37. The fourth-order valence-electron chi connectivity index (χ4n) is 6.13. The Balaban J connectivity index is 1.82. The number of allylic oxidation sites excluding steroid dienone is 1. The lowest BCUT2D eigenvalue weighted by Gasteiger charge is -2.24. The molecule has 2 aliphatic carbocycles. The van der Waals surface area contributed by atoms with Gasteiger partial charge in [0.25, 0.3) is 0 Å². The van der Waals surface area contributed by atoms with Crippen molar-refractivity contribution >= 4 is 53.8 Å². The van der Waals surface area contributed by atoms with E-state index in [1.54, 1.807) is 0 Å². The van der Waals surface area contributed by atoms with Crippen LogP contribution in [0.25, 0.3) is 33.0 Å². The predicted molar refractivity (Wildman–Crippen MR) is 144 cm³/mol. The molecule has 0 fully saturated rings. The number of rotatable bonds is 1. The van der Waals surface area contributed by atoms with E-state index < -0.39 is 0 Å². The number of hydrogen-bond acceptors (Lipinski definition) is 0. The van der Waals surface area contributed by atoms with Gasteiger partial charge < -0.3 is 0 Å². The largest absolute Gasteiger partial charge is 0.0622 e. The Bertz CT molecular complexity index is 1390. The molecule has 0 nitrogen and oxygen atoms in total. The highest BCUT2D eigenvalue weighted by molar-refractivity contribution is 9.10. The van der Waals surface area contributed by atoms with E-state index in [1.165, 1.54) is 55.3 Å². The van der Waals surface area contributed by atoms with Gasteiger partial charge >= 0.3 is 0 Å². The predicted octanol–water partition coefficient (Wildman–Crippen LogP) is 9.69. The van der Waals surface area contributed by atoms with Crippen LogP contribution in [0.2, 0.25) is 0 Å². The zero-order valence-corrected chi connectivity index (χ0v) is 21.6. The van der Waals surface area contributed by atoms with Crippen molar-refractivity contribution in [3.8, 4) is 11.1 Å². The van der Waals surface area contributed by atoms with Gasteiger partial charge in [0.2, 0.25) is 0 Å². The number of fused-ring (bicyclic) bond motifs is 6. The summed E-state index contributed by atoms with van der Waals surface area (Å²) in [5, 5.41) is 2.70. The van der Waals surface area contributed by atoms with E-state index in [0.717, 1.165) is 8.95 Å².